The molecule has 0 bridgehead atoms. The van der Waals surface area contributed by atoms with Gasteiger partial charge in [0.2, 0.25) is 0 Å². The molecule has 0 aliphatic rings. The van der Waals surface area contributed by atoms with Crippen molar-refractivity contribution in [2.45, 2.75) is 6.10 Å². The lowest BCUT2D eigenvalue weighted by atomic mass is 10.0. The van der Waals surface area contributed by atoms with Gasteiger partial charge in [0.15, 0.2) is 0 Å². The smallest absolute Gasteiger partial charge is 0.118 e. The molecule has 0 aromatic heterocycles. The van der Waals surface area contributed by atoms with Gasteiger partial charge >= 0.3 is 0 Å². The molecule has 1 atom stereocenters. The number of aliphatic hydroxyl groups excluding tert-OH is 1. The van der Waals surface area contributed by atoms with Gasteiger partial charge in [-0.1, -0.05) is 35.9 Å². The molecule has 1 N–H and O–H groups in total. The van der Waals surface area contributed by atoms with Gasteiger partial charge in [-0.3, -0.25) is 0 Å². The van der Waals surface area contributed by atoms with Gasteiger partial charge < -0.3 is 9.84 Å². The normalized spacial score (nSPS) is 12.2. The van der Waals surface area contributed by atoms with Gasteiger partial charge in [0.1, 0.15) is 11.9 Å². The number of halogens is 1. The van der Waals surface area contributed by atoms with Crippen LogP contribution in [0, 0.1) is 0 Å². The zero-order valence-electron chi connectivity index (χ0n) is 9.43. The summed E-state index contributed by atoms with van der Waals surface area (Å²) in [4.78, 5) is 0. The first kappa shape index (κ1) is 12.0. The Bertz CT molecular complexity index is 494. The van der Waals surface area contributed by atoms with Crippen molar-refractivity contribution in [2.24, 2.45) is 0 Å². The number of rotatable bonds is 3. The lowest BCUT2D eigenvalue weighted by Crippen LogP contribution is -1.99. The van der Waals surface area contributed by atoms with Crippen LogP contribution in [0.4, 0.5) is 0 Å². The molecule has 0 saturated carbocycles. The fourth-order valence-electron chi connectivity index (χ4n) is 1.66. The fraction of sp³-hybridized carbons (Fsp3) is 0.143. The lowest BCUT2D eigenvalue weighted by molar-refractivity contribution is 0.220. The van der Waals surface area contributed by atoms with Crippen LogP contribution in [-0.2, 0) is 0 Å². The predicted molar refractivity (Wildman–Crippen MR) is 68.5 cm³/mol. The number of hydrogen-bond donors (Lipinski definition) is 1. The minimum absolute atomic E-state index is 0.620. The van der Waals surface area contributed by atoms with Crippen molar-refractivity contribution in [3.05, 3.63) is 64.7 Å². The predicted octanol–water partition coefficient (Wildman–Crippen LogP) is 3.43. The Morgan fingerprint density at radius 1 is 1.06 bits per heavy atom. The third kappa shape index (κ3) is 2.78. The highest BCUT2D eigenvalue weighted by molar-refractivity contribution is 6.30. The minimum atomic E-state index is -0.667. The summed E-state index contributed by atoms with van der Waals surface area (Å²) in [6.45, 7) is 0. The summed E-state index contributed by atoms with van der Waals surface area (Å²) in [6, 6.07) is 14.5. The number of hydrogen-bond acceptors (Lipinski definition) is 2. The number of aliphatic hydroxyl groups is 1. The second kappa shape index (κ2) is 5.21. The summed E-state index contributed by atoms with van der Waals surface area (Å²) < 4.78 is 5.07. The molecule has 0 aliphatic heterocycles. The maximum Gasteiger partial charge on any atom is 0.118 e. The molecule has 0 radical (unpaired) electrons. The van der Waals surface area contributed by atoms with E-state index in [1.807, 2.05) is 36.4 Å². The lowest BCUT2D eigenvalue weighted by Gasteiger charge is -2.12. The summed E-state index contributed by atoms with van der Waals surface area (Å²) >= 11 is 5.89. The van der Waals surface area contributed by atoms with Crippen LogP contribution in [0.1, 0.15) is 17.2 Å². The molecule has 2 nitrogen and oxygen atoms in total. The van der Waals surface area contributed by atoms with Gasteiger partial charge in [-0.25, -0.2) is 0 Å². The summed E-state index contributed by atoms with van der Waals surface area (Å²) in [7, 11) is 1.61. The van der Waals surface area contributed by atoms with Crippen molar-refractivity contribution in [3.63, 3.8) is 0 Å². The van der Waals surface area contributed by atoms with Gasteiger partial charge in [-0.15, -0.1) is 0 Å². The molecule has 0 heterocycles. The second-order valence-electron chi connectivity index (χ2n) is 3.73. The van der Waals surface area contributed by atoms with E-state index < -0.39 is 6.10 Å². The van der Waals surface area contributed by atoms with Crippen LogP contribution in [0.15, 0.2) is 48.5 Å². The second-order valence-corrected chi connectivity index (χ2v) is 4.17. The highest BCUT2D eigenvalue weighted by Crippen LogP contribution is 2.25. The molecule has 0 saturated heterocycles. The molecule has 0 spiro atoms. The van der Waals surface area contributed by atoms with E-state index in [0.29, 0.717) is 5.02 Å². The molecule has 88 valence electrons. The van der Waals surface area contributed by atoms with Crippen LogP contribution in [-0.4, -0.2) is 12.2 Å². The largest absolute Gasteiger partial charge is 0.497 e. The van der Waals surface area contributed by atoms with Crippen LogP contribution in [0.5, 0.6) is 5.75 Å². The van der Waals surface area contributed by atoms with E-state index in [0.717, 1.165) is 16.9 Å². The Kier molecular flexibility index (Phi) is 3.67. The molecule has 0 unspecified atom stereocenters. The van der Waals surface area contributed by atoms with Crippen molar-refractivity contribution in [1.29, 1.82) is 0 Å². The maximum atomic E-state index is 10.2. The first-order valence-electron chi connectivity index (χ1n) is 5.28. The van der Waals surface area contributed by atoms with E-state index in [1.54, 1.807) is 19.2 Å². The van der Waals surface area contributed by atoms with Crippen LogP contribution < -0.4 is 4.74 Å². The molecule has 2 rings (SSSR count). The standard InChI is InChI=1S/C14H13ClO2/c1-17-13-7-5-10(6-8-13)14(16)11-3-2-4-12(15)9-11/h2-9,14,16H,1H3/t14-/m1/s1. The third-order valence-electron chi connectivity index (χ3n) is 2.60. The van der Waals surface area contributed by atoms with Crippen LogP contribution in [0.25, 0.3) is 0 Å². The van der Waals surface area contributed by atoms with E-state index in [4.69, 9.17) is 16.3 Å². The van der Waals surface area contributed by atoms with E-state index in [9.17, 15) is 5.11 Å². The highest BCUT2D eigenvalue weighted by atomic mass is 35.5. The van der Waals surface area contributed by atoms with E-state index in [2.05, 4.69) is 0 Å². The van der Waals surface area contributed by atoms with E-state index in [1.165, 1.54) is 0 Å². The number of benzene rings is 2. The highest BCUT2D eigenvalue weighted by Gasteiger charge is 2.10. The fourth-order valence-corrected chi connectivity index (χ4v) is 1.85. The van der Waals surface area contributed by atoms with Gasteiger partial charge in [0, 0.05) is 5.02 Å². The van der Waals surface area contributed by atoms with Gasteiger partial charge in [-0.2, -0.15) is 0 Å². The average Bonchev–Trinajstić information content (AvgIpc) is 2.38. The molecule has 0 amide bonds. The molecule has 0 fully saturated rings. The Labute approximate surface area is 105 Å². The zero-order valence-corrected chi connectivity index (χ0v) is 10.2. The first-order valence-corrected chi connectivity index (χ1v) is 5.66. The van der Waals surface area contributed by atoms with Crippen molar-refractivity contribution >= 4 is 11.6 Å². The molecular formula is C14H13ClO2. The molecule has 17 heavy (non-hydrogen) atoms. The quantitative estimate of drug-likeness (QED) is 0.902. The van der Waals surface area contributed by atoms with Crippen LogP contribution >= 0.6 is 11.6 Å². The topological polar surface area (TPSA) is 29.5 Å². The van der Waals surface area contributed by atoms with Crippen molar-refractivity contribution in [3.8, 4) is 5.75 Å². The van der Waals surface area contributed by atoms with Crippen LogP contribution in [0.2, 0.25) is 5.02 Å². The Morgan fingerprint density at radius 3 is 2.35 bits per heavy atom. The zero-order chi connectivity index (χ0) is 12.3. The Morgan fingerprint density at radius 2 is 1.76 bits per heavy atom. The number of ether oxygens (including phenoxy) is 1. The Hall–Kier alpha value is -1.51. The summed E-state index contributed by atoms with van der Waals surface area (Å²) in [6.07, 6.45) is -0.667. The first-order chi connectivity index (χ1) is 8.20. The van der Waals surface area contributed by atoms with Gasteiger partial charge in [0.05, 0.1) is 7.11 Å². The molecule has 0 aliphatic carbocycles. The van der Waals surface area contributed by atoms with Crippen molar-refractivity contribution in [1.82, 2.24) is 0 Å². The Balaban J connectivity index is 2.27. The van der Waals surface area contributed by atoms with Crippen molar-refractivity contribution in [2.75, 3.05) is 7.11 Å². The summed E-state index contributed by atoms with van der Waals surface area (Å²) in [5.41, 5.74) is 1.59. The SMILES string of the molecule is COc1ccc([C@@H](O)c2cccc(Cl)c2)cc1. The minimum Gasteiger partial charge on any atom is -0.497 e. The monoisotopic (exact) mass is 248 g/mol. The number of methoxy groups -OCH3 is 1. The van der Waals surface area contributed by atoms with Gasteiger partial charge in [-0.05, 0) is 35.4 Å². The molecule has 3 heteroatoms. The molecule has 2 aromatic carbocycles. The maximum absolute atomic E-state index is 10.2. The van der Waals surface area contributed by atoms with Gasteiger partial charge in [0.25, 0.3) is 0 Å². The van der Waals surface area contributed by atoms with Crippen molar-refractivity contribution < 1.29 is 9.84 Å². The van der Waals surface area contributed by atoms with E-state index in [-0.39, 0.29) is 0 Å². The average molecular weight is 249 g/mol. The molecular weight excluding hydrogens is 236 g/mol. The van der Waals surface area contributed by atoms with E-state index >= 15 is 0 Å². The molecule has 2 aromatic rings. The van der Waals surface area contributed by atoms with Crippen LogP contribution in [0.3, 0.4) is 0 Å². The third-order valence-corrected chi connectivity index (χ3v) is 2.83. The summed E-state index contributed by atoms with van der Waals surface area (Å²) in [5.74, 6) is 0.770. The summed E-state index contributed by atoms with van der Waals surface area (Å²) in [5, 5.41) is 10.8.